The number of carbonyl (C=O) groups is 1. The van der Waals surface area contributed by atoms with E-state index < -0.39 is 6.10 Å². The summed E-state index contributed by atoms with van der Waals surface area (Å²) in [6.07, 6.45) is 0.0490. The van der Waals surface area contributed by atoms with Gasteiger partial charge in [0.1, 0.15) is 5.82 Å². The molecule has 1 atom stereocenters. The second kappa shape index (κ2) is 7.24. The molecule has 3 N–H and O–H groups in total. The van der Waals surface area contributed by atoms with Crippen LogP contribution in [0.4, 0.5) is 9.18 Å². The first kappa shape index (κ1) is 16.4. The first-order valence-corrected chi connectivity index (χ1v) is 6.73. The molecule has 4 nitrogen and oxygen atoms in total. The van der Waals surface area contributed by atoms with E-state index in [0.717, 1.165) is 5.56 Å². The van der Waals surface area contributed by atoms with Crippen LogP contribution in [0.2, 0.25) is 0 Å². The van der Waals surface area contributed by atoms with E-state index in [0.29, 0.717) is 19.5 Å². The molecule has 0 aliphatic rings. The van der Waals surface area contributed by atoms with E-state index in [1.54, 1.807) is 12.1 Å². The van der Waals surface area contributed by atoms with E-state index in [1.807, 2.05) is 20.8 Å². The molecule has 2 amide bonds. The summed E-state index contributed by atoms with van der Waals surface area (Å²) in [5, 5.41) is 15.2. The van der Waals surface area contributed by atoms with Crippen LogP contribution in [0.15, 0.2) is 24.3 Å². The fraction of sp³-hybridized carbons (Fsp3) is 0.533. The molecular formula is C15H23FN2O2. The number of aliphatic hydroxyl groups excluding tert-OH is 1. The molecule has 0 aliphatic carbocycles. The summed E-state index contributed by atoms with van der Waals surface area (Å²) in [5.41, 5.74) is 0.642. The molecule has 0 saturated heterocycles. The Labute approximate surface area is 119 Å². The van der Waals surface area contributed by atoms with Crippen LogP contribution in [0.3, 0.4) is 0 Å². The third-order valence-corrected chi connectivity index (χ3v) is 3.07. The lowest BCUT2D eigenvalue weighted by Gasteiger charge is -2.25. The van der Waals surface area contributed by atoms with Gasteiger partial charge in [0.25, 0.3) is 0 Å². The average molecular weight is 282 g/mol. The van der Waals surface area contributed by atoms with Crippen molar-refractivity contribution in [3.63, 3.8) is 0 Å². The zero-order valence-electron chi connectivity index (χ0n) is 12.2. The molecule has 0 heterocycles. The third-order valence-electron chi connectivity index (χ3n) is 3.07. The van der Waals surface area contributed by atoms with Gasteiger partial charge in [0.2, 0.25) is 0 Å². The number of rotatable bonds is 5. The minimum Gasteiger partial charge on any atom is -0.393 e. The highest BCUT2D eigenvalue weighted by Crippen LogP contribution is 2.20. The van der Waals surface area contributed by atoms with Crippen LogP contribution in [0.1, 0.15) is 32.8 Å². The molecule has 0 bridgehead atoms. The van der Waals surface area contributed by atoms with Gasteiger partial charge in [-0.15, -0.1) is 0 Å². The van der Waals surface area contributed by atoms with Crippen molar-refractivity contribution in [3.05, 3.63) is 35.6 Å². The van der Waals surface area contributed by atoms with Gasteiger partial charge in [0.15, 0.2) is 0 Å². The van der Waals surface area contributed by atoms with Gasteiger partial charge in [-0.25, -0.2) is 9.18 Å². The molecule has 5 heteroatoms. The van der Waals surface area contributed by atoms with Gasteiger partial charge >= 0.3 is 6.03 Å². The molecule has 0 radical (unpaired) electrons. The molecule has 0 fully saturated rings. The first-order valence-electron chi connectivity index (χ1n) is 6.73. The molecular weight excluding hydrogens is 259 g/mol. The molecule has 1 unspecified atom stereocenters. The largest absolute Gasteiger partial charge is 0.393 e. The van der Waals surface area contributed by atoms with E-state index in [1.165, 1.54) is 12.1 Å². The Balaban J connectivity index is 2.22. The normalized spacial score (nSPS) is 12.8. The maximum absolute atomic E-state index is 12.7. The molecule has 1 aromatic carbocycles. The molecule has 1 rings (SSSR count). The maximum Gasteiger partial charge on any atom is 0.315 e. The smallest absolute Gasteiger partial charge is 0.315 e. The predicted molar refractivity (Wildman–Crippen MR) is 76.7 cm³/mol. The van der Waals surface area contributed by atoms with E-state index in [4.69, 9.17) is 0 Å². The zero-order valence-corrected chi connectivity index (χ0v) is 12.2. The van der Waals surface area contributed by atoms with E-state index in [2.05, 4.69) is 10.6 Å². The molecule has 0 aromatic heterocycles. The Kier molecular flexibility index (Phi) is 5.95. The van der Waals surface area contributed by atoms with Gasteiger partial charge in [-0.1, -0.05) is 32.9 Å². The quantitative estimate of drug-likeness (QED) is 0.776. The molecule has 112 valence electrons. The summed E-state index contributed by atoms with van der Waals surface area (Å²) < 4.78 is 12.7. The zero-order chi connectivity index (χ0) is 15.2. The average Bonchev–Trinajstić information content (AvgIpc) is 2.37. The second-order valence-electron chi connectivity index (χ2n) is 5.91. The number of carbonyl (C=O) groups excluding carboxylic acids is 1. The highest BCUT2D eigenvalue weighted by Gasteiger charge is 2.21. The molecule has 1 aromatic rings. The third kappa shape index (κ3) is 6.02. The number of hydrogen-bond donors (Lipinski definition) is 3. The van der Waals surface area contributed by atoms with E-state index >= 15 is 0 Å². The van der Waals surface area contributed by atoms with Crippen molar-refractivity contribution in [1.29, 1.82) is 0 Å². The number of nitrogens with one attached hydrogen (secondary N) is 2. The number of amides is 2. The number of hydrogen-bond acceptors (Lipinski definition) is 2. The van der Waals surface area contributed by atoms with Crippen molar-refractivity contribution in [2.75, 3.05) is 6.54 Å². The fourth-order valence-electron chi connectivity index (χ4n) is 1.60. The number of aliphatic hydroxyl groups is 1. The van der Waals surface area contributed by atoms with Gasteiger partial charge in [-0.3, -0.25) is 0 Å². The second-order valence-corrected chi connectivity index (χ2v) is 5.91. The number of halogens is 1. The van der Waals surface area contributed by atoms with Gasteiger partial charge in [0.05, 0.1) is 6.10 Å². The van der Waals surface area contributed by atoms with Crippen molar-refractivity contribution in [2.24, 2.45) is 5.41 Å². The summed E-state index contributed by atoms with van der Waals surface area (Å²) >= 11 is 0. The highest BCUT2D eigenvalue weighted by atomic mass is 19.1. The van der Waals surface area contributed by atoms with Crippen LogP contribution in [-0.2, 0) is 6.54 Å². The van der Waals surface area contributed by atoms with Gasteiger partial charge in [-0.2, -0.15) is 0 Å². The van der Waals surface area contributed by atoms with Crippen molar-refractivity contribution >= 4 is 6.03 Å². The minimum absolute atomic E-state index is 0.188. The van der Waals surface area contributed by atoms with Crippen LogP contribution in [-0.4, -0.2) is 23.8 Å². The summed E-state index contributed by atoms with van der Waals surface area (Å²) in [6, 6.07) is 5.66. The summed E-state index contributed by atoms with van der Waals surface area (Å²) in [4.78, 5) is 11.5. The standard InChI is InChI=1S/C15H23FN2O2/c1-15(2,3)13(19)8-9-17-14(20)18-10-11-4-6-12(16)7-5-11/h4-7,13,19H,8-10H2,1-3H3,(H2,17,18,20). The lowest BCUT2D eigenvalue weighted by atomic mass is 9.87. The summed E-state index contributed by atoms with van der Waals surface area (Å²) in [6.45, 7) is 6.60. The van der Waals surface area contributed by atoms with Crippen LogP contribution < -0.4 is 10.6 Å². The predicted octanol–water partition coefficient (Wildman–Crippen LogP) is 2.42. The summed E-state index contributed by atoms with van der Waals surface area (Å²) in [7, 11) is 0. The van der Waals surface area contributed by atoms with E-state index in [-0.39, 0.29) is 17.3 Å². The maximum atomic E-state index is 12.7. The number of benzene rings is 1. The van der Waals surface area contributed by atoms with Crippen molar-refractivity contribution < 1.29 is 14.3 Å². The summed E-state index contributed by atoms with van der Waals surface area (Å²) in [5.74, 6) is -0.297. The van der Waals surface area contributed by atoms with Crippen LogP contribution in [0, 0.1) is 11.2 Å². The van der Waals surface area contributed by atoms with Gasteiger partial charge in [0, 0.05) is 13.1 Å². The first-order chi connectivity index (χ1) is 9.29. The fourth-order valence-corrected chi connectivity index (χ4v) is 1.60. The van der Waals surface area contributed by atoms with Crippen molar-refractivity contribution in [3.8, 4) is 0 Å². The molecule has 0 spiro atoms. The highest BCUT2D eigenvalue weighted by molar-refractivity contribution is 5.73. The molecule has 0 saturated carbocycles. The minimum atomic E-state index is -0.458. The Morgan fingerprint density at radius 2 is 1.85 bits per heavy atom. The SMILES string of the molecule is CC(C)(C)C(O)CCNC(=O)NCc1ccc(F)cc1. The van der Waals surface area contributed by atoms with E-state index in [9.17, 15) is 14.3 Å². The Morgan fingerprint density at radius 1 is 1.25 bits per heavy atom. The van der Waals surface area contributed by atoms with Crippen molar-refractivity contribution in [2.45, 2.75) is 39.8 Å². The molecule has 0 aliphatic heterocycles. The number of urea groups is 1. The Hall–Kier alpha value is -1.62. The van der Waals surface area contributed by atoms with Crippen LogP contribution >= 0.6 is 0 Å². The van der Waals surface area contributed by atoms with Gasteiger partial charge in [-0.05, 0) is 29.5 Å². The lowest BCUT2D eigenvalue weighted by Crippen LogP contribution is -2.38. The van der Waals surface area contributed by atoms with Crippen molar-refractivity contribution in [1.82, 2.24) is 10.6 Å². The lowest BCUT2D eigenvalue weighted by molar-refractivity contribution is 0.0564. The monoisotopic (exact) mass is 282 g/mol. The Bertz CT molecular complexity index is 426. The molecule has 20 heavy (non-hydrogen) atoms. The van der Waals surface area contributed by atoms with Crippen LogP contribution in [0.5, 0.6) is 0 Å². The van der Waals surface area contributed by atoms with Gasteiger partial charge < -0.3 is 15.7 Å². The topological polar surface area (TPSA) is 61.4 Å². The Morgan fingerprint density at radius 3 is 2.40 bits per heavy atom. The van der Waals surface area contributed by atoms with Crippen LogP contribution in [0.25, 0.3) is 0 Å².